The molecule has 4 aromatic carbocycles. The van der Waals surface area contributed by atoms with Crippen molar-refractivity contribution in [1.29, 1.82) is 0 Å². The highest BCUT2D eigenvalue weighted by Gasteiger charge is 2.17. The molecule has 0 saturated carbocycles. The molecule has 0 saturated heterocycles. The zero-order valence-corrected chi connectivity index (χ0v) is 22.3. The quantitative estimate of drug-likeness (QED) is 0.216. The van der Waals surface area contributed by atoms with Gasteiger partial charge in [-0.25, -0.2) is 8.42 Å². The van der Waals surface area contributed by atoms with Crippen LogP contribution in [0.4, 0.5) is 11.4 Å². The number of rotatable bonds is 8. The first-order chi connectivity index (χ1) is 17.9. The highest BCUT2D eigenvalue weighted by atomic mass is 32.2. The Morgan fingerprint density at radius 1 is 0.541 bits per heavy atom. The van der Waals surface area contributed by atoms with Crippen LogP contribution in [-0.2, 0) is 22.9 Å². The number of hydrogen-bond acceptors (Lipinski definition) is 4. The van der Waals surface area contributed by atoms with Crippen LogP contribution in [0.3, 0.4) is 0 Å². The maximum absolute atomic E-state index is 13.1. The summed E-state index contributed by atoms with van der Waals surface area (Å²) in [5.74, 6) is 0. The Morgan fingerprint density at radius 3 is 1.24 bits per heavy atom. The van der Waals surface area contributed by atoms with E-state index in [1.807, 2.05) is 60.7 Å². The van der Waals surface area contributed by atoms with Gasteiger partial charge in [0.2, 0.25) is 9.84 Å². The minimum absolute atomic E-state index is 0.196. The number of thiocarbonyl (C=S) groups is 2. The van der Waals surface area contributed by atoms with Crippen LogP contribution in [0.5, 0.6) is 0 Å². The lowest BCUT2D eigenvalue weighted by atomic mass is 10.2. The highest BCUT2D eigenvalue weighted by molar-refractivity contribution is 7.91. The highest BCUT2D eigenvalue weighted by Crippen LogP contribution is 2.24. The summed E-state index contributed by atoms with van der Waals surface area (Å²) >= 11 is 10.7. The van der Waals surface area contributed by atoms with Crippen molar-refractivity contribution in [2.75, 3.05) is 10.6 Å². The van der Waals surface area contributed by atoms with Crippen molar-refractivity contribution < 1.29 is 8.42 Å². The van der Waals surface area contributed by atoms with E-state index in [2.05, 4.69) is 21.3 Å². The summed E-state index contributed by atoms with van der Waals surface area (Å²) in [6, 6.07) is 32.8. The average molecular weight is 547 g/mol. The normalized spacial score (nSPS) is 10.8. The predicted molar refractivity (Wildman–Crippen MR) is 157 cm³/mol. The molecule has 0 unspecified atom stereocenters. The van der Waals surface area contributed by atoms with Gasteiger partial charge in [0.05, 0.1) is 9.79 Å². The SMILES string of the molecule is O=S(=O)(c1ccc(NC(=S)NCc2ccccc2)cc1)c1ccc(NC(=S)NCc2ccccc2)cc1. The van der Waals surface area contributed by atoms with Crippen molar-refractivity contribution in [3.8, 4) is 0 Å². The molecule has 0 radical (unpaired) electrons. The third-order valence-electron chi connectivity index (χ3n) is 5.44. The van der Waals surface area contributed by atoms with E-state index in [0.717, 1.165) is 11.1 Å². The van der Waals surface area contributed by atoms with E-state index in [1.165, 1.54) is 0 Å². The number of benzene rings is 4. The standard InChI is InChI=1S/C28H26N4O2S3/c33-37(34,25-15-11-23(12-16-25)31-27(35)29-19-21-7-3-1-4-8-21)26-17-13-24(14-18-26)32-28(36)30-20-22-9-5-2-6-10-22/h1-18H,19-20H2,(H2,29,31,35)(H2,30,32,36). The van der Waals surface area contributed by atoms with E-state index in [-0.39, 0.29) is 9.79 Å². The van der Waals surface area contributed by atoms with Gasteiger partial charge >= 0.3 is 0 Å². The molecule has 6 nitrogen and oxygen atoms in total. The van der Waals surface area contributed by atoms with Crippen molar-refractivity contribution in [2.45, 2.75) is 22.9 Å². The van der Waals surface area contributed by atoms with Crippen LogP contribution in [-0.4, -0.2) is 18.6 Å². The Kier molecular flexibility index (Phi) is 8.84. The van der Waals surface area contributed by atoms with Crippen molar-refractivity contribution in [1.82, 2.24) is 10.6 Å². The molecule has 0 aromatic heterocycles. The lowest BCUT2D eigenvalue weighted by Gasteiger charge is -2.12. The molecule has 0 bridgehead atoms. The smallest absolute Gasteiger partial charge is 0.206 e. The third-order valence-corrected chi connectivity index (χ3v) is 7.72. The number of hydrogen-bond donors (Lipinski definition) is 4. The van der Waals surface area contributed by atoms with Gasteiger partial charge in [0.1, 0.15) is 0 Å². The van der Waals surface area contributed by atoms with Crippen LogP contribution >= 0.6 is 24.4 Å². The molecule has 4 rings (SSSR count). The first-order valence-corrected chi connectivity index (χ1v) is 13.8. The minimum atomic E-state index is -3.67. The molecule has 0 aliphatic carbocycles. The van der Waals surface area contributed by atoms with Gasteiger partial charge in [-0.1, -0.05) is 60.7 Å². The molecule has 0 atom stereocenters. The lowest BCUT2D eigenvalue weighted by Crippen LogP contribution is -2.27. The molecular weight excluding hydrogens is 521 g/mol. The maximum Gasteiger partial charge on any atom is 0.206 e. The fourth-order valence-electron chi connectivity index (χ4n) is 3.48. The Labute approximate surface area is 228 Å². The first-order valence-electron chi connectivity index (χ1n) is 11.5. The van der Waals surface area contributed by atoms with Crippen LogP contribution in [0, 0.1) is 0 Å². The third kappa shape index (κ3) is 7.60. The van der Waals surface area contributed by atoms with Crippen molar-refractivity contribution in [3.63, 3.8) is 0 Å². The van der Waals surface area contributed by atoms with Gasteiger partial charge in [0.25, 0.3) is 0 Å². The van der Waals surface area contributed by atoms with Crippen molar-refractivity contribution in [3.05, 3.63) is 120 Å². The molecule has 0 heterocycles. The van der Waals surface area contributed by atoms with Gasteiger partial charge in [0.15, 0.2) is 10.2 Å². The van der Waals surface area contributed by atoms with E-state index in [0.29, 0.717) is 34.7 Å². The van der Waals surface area contributed by atoms with E-state index in [1.54, 1.807) is 48.5 Å². The Hall–Kier alpha value is -3.79. The van der Waals surface area contributed by atoms with Crippen LogP contribution in [0.1, 0.15) is 11.1 Å². The van der Waals surface area contributed by atoms with Gasteiger partial charge < -0.3 is 21.3 Å². The second kappa shape index (κ2) is 12.4. The molecule has 0 aliphatic heterocycles. The number of anilines is 2. The minimum Gasteiger partial charge on any atom is -0.358 e. The maximum atomic E-state index is 13.1. The Balaban J connectivity index is 1.31. The molecule has 0 amide bonds. The summed E-state index contributed by atoms with van der Waals surface area (Å²) in [5, 5.41) is 13.3. The summed E-state index contributed by atoms with van der Waals surface area (Å²) in [4.78, 5) is 0.393. The largest absolute Gasteiger partial charge is 0.358 e. The summed E-state index contributed by atoms with van der Waals surface area (Å²) in [5.41, 5.74) is 3.61. The molecule has 37 heavy (non-hydrogen) atoms. The van der Waals surface area contributed by atoms with Gasteiger partial charge in [-0.2, -0.15) is 0 Å². The summed E-state index contributed by atoms with van der Waals surface area (Å²) < 4.78 is 26.2. The topological polar surface area (TPSA) is 82.3 Å². The Morgan fingerprint density at radius 2 is 0.892 bits per heavy atom. The van der Waals surface area contributed by atoms with E-state index in [9.17, 15) is 8.42 Å². The van der Waals surface area contributed by atoms with Gasteiger partial charge in [-0.15, -0.1) is 0 Å². The van der Waals surface area contributed by atoms with Gasteiger partial charge in [-0.3, -0.25) is 0 Å². The molecule has 0 spiro atoms. The summed E-state index contributed by atoms with van der Waals surface area (Å²) in [7, 11) is -3.67. The van der Waals surface area contributed by atoms with Crippen LogP contribution in [0.25, 0.3) is 0 Å². The summed E-state index contributed by atoms with van der Waals surface area (Å²) in [6.45, 7) is 1.19. The molecule has 0 fully saturated rings. The summed E-state index contributed by atoms with van der Waals surface area (Å²) in [6.07, 6.45) is 0. The fourth-order valence-corrected chi connectivity index (χ4v) is 5.12. The van der Waals surface area contributed by atoms with E-state index in [4.69, 9.17) is 24.4 Å². The molecular formula is C28H26N4O2S3. The van der Waals surface area contributed by atoms with Gasteiger partial charge in [-0.05, 0) is 84.1 Å². The van der Waals surface area contributed by atoms with Crippen LogP contribution in [0.15, 0.2) is 119 Å². The monoisotopic (exact) mass is 546 g/mol. The molecule has 188 valence electrons. The van der Waals surface area contributed by atoms with Crippen LogP contribution in [0.2, 0.25) is 0 Å². The second-order valence-electron chi connectivity index (χ2n) is 8.14. The van der Waals surface area contributed by atoms with E-state index >= 15 is 0 Å². The lowest BCUT2D eigenvalue weighted by molar-refractivity contribution is 0.596. The van der Waals surface area contributed by atoms with Crippen molar-refractivity contribution >= 4 is 55.9 Å². The fraction of sp³-hybridized carbons (Fsp3) is 0.0714. The number of sulfone groups is 1. The predicted octanol–water partition coefficient (Wildman–Crippen LogP) is 5.49. The second-order valence-corrected chi connectivity index (χ2v) is 10.9. The zero-order valence-electron chi connectivity index (χ0n) is 19.8. The molecule has 9 heteroatoms. The van der Waals surface area contributed by atoms with Crippen molar-refractivity contribution in [2.24, 2.45) is 0 Å². The zero-order chi connectivity index (χ0) is 26.1. The number of nitrogens with one attached hydrogen (secondary N) is 4. The van der Waals surface area contributed by atoms with Crippen LogP contribution < -0.4 is 21.3 Å². The van der Waals surface area contributed by atoms with Gasteiger partial charge in [0, 0.05) is 24.5 Å². The average Bonchev–Trinajstić information content (AvgIpc) is 2.92. The molecule has 0 aliphatic rings. The molecule has 4 aromatic rings. The Bertz CT molecular complexity index is 1340. The molecule has 4 N–H and O–H groups in total. The van der Waals surface area contributed by atoms with E-state index < -0.39 is 9.84 Å². The first kappa shape index (κ1) is 26.3.